The predicted octanol–water partition coefficient (Wildman–Crippen LogP) is 0.975. The maximum absolute atomic E-state index is 10.7. The minimum absolute atomic E-state index is 0.137. The maximum atomic E-state index is 10.7. The number of hydrogen-bond acceptors (Lipinski definition) is 3. The smallest absolute Gasteiger partial charge is 0.231 e. The van der Waals surface area contributed by atoms with E-state index in [2.05, 4.69) is 25.2 Å². The quantitative estimate of drug-likeness (QED) is 0.816. The van der Waals surface area contributed by atoms with Gasteiger partial charge in [0.2, 0.25) is 5.91 Å². The summed E-state index contributed by atoms with van der Waals surface area (Å²) in [4.78, 5) is 10.7. The molecule has 2 rings (SSSR count). The van der Waals surface area contributed by atoms with Crippen LogP contribution in [-0.2, 0) is 17.8 Å². The fraction of sp³-hybridized carbons (Fsp3) is 0.462. The molecular weight excluding hydrogens is 216 g/mol. The molecule has 4 nitrogen and oxygen atoms in total. The van der Waals surface area contributed by atoms with E-state index in [0.717, 1.165) is 17.7 Å². The van der Waals surface area contributed by atoms with Gasteiger partial charge < -0.3 is 15.8 Å². The molecule has 1 aromatic carbocycles. The number of carbonyl (C=O) groups excluding carboxylic acids is 1. The zero-order valence-corrected chi connectivity index (χ0v) is 10.2. The average molecular weight is 234 g/mol. The van der Waals surface area contributed by atoms with Gasteiger partial charge in [0.15, 0.2) is 0 Å². The van der Waals surface area contributed by atoms with Crippen LogP contribution < -0.4 is 15.8 Å². The van der Waals surface area contributed by atoms with E-state index in [1.54, 1.807) is 0 Å². The number of benzene rings is 1. The Morgan fingerprint density at radius 3 is 3.00 bits per heavy atom. The number of rotatable bonds is 4. The van der Waals surface area contributed by atoms with Crippen LogP contribution in [0.3, 0.4) is 0 Å². The molecule has 0 fully saturated rings. The molecule has 0 aliphatic carbocycles. The molecule has 0 radical (unpaired) electrons. The third-order valence-electron chi connectivity index (χ3n) is 2.79. The summed E-state index contributed by atoms with van der Waals surface area (Å²) in [5.74, 6) is 0.605. The molecule has 0 aromatic heterocycles. The van der Waals surface area contributed by atoms with E-state index in [-0.39, 0.29) is 18.1 Å². The van der Waals surface area contributed by atoms with Gasteiger partial charge in [-0.1, -0.05) is 18.2 Å². The van der Waals surface area contributed by atoms with Gasteiger partial charge in [0.05, 0.1) is 6.54 Å². The van der Waals surface area contributed by atoms with Gasteiger partial charge in [-0.15, -0.1) is 0 Å². The zero-order chi connectivity index (χ0) is 12.5. The normalized spacial score (nSPS) is 16.4. The number of amides is 1. The second-order valence-corrected chi connectivity index (χ2v) is 5.01. The van der Waals surface area contributed by atoms with Gasteiger partial charge in [-0.25, -0.2) is 0 Å². The van der Waals surface area contributed by atoms with E-state index in [1.165, 1.54) is 5.56 Å². The Balaban J connectivity index is 2.10. The van der Waals surface area contributed by atoms with Crippen molar-refractivity contribution in [2.75, 3.05) is 6.54 Å². The summed E-state index contributed by atoms with van der Waals surface area (Å²) < 4.78 is 5.93. The van der Waals surface area contributed by atoms with Crippen LogP contribution in [0.15, 0.2) is 18.2 Å². The van der Waals surface area contributed by atoms with E-state index >= 15 is 0 Å². The van der Waals surface area contributed by atoms with E-state index in [0.29, 0.717) is 6.54 Å². The fourth-order valence-corrected chi connectivity index (χ4v) is 2.14. The second kappa shape index (κ2) is 4.37. The van der Waals surface area contributed by atoms with E-state index < -0.39 is 0 Å². The van der Waals surface area contributed by atoms with Crippen LogP contribution in [0.4, 0.5) is 0 Å². The largest absolute Gasteiger partial charge is 0.487 e. The molecule has 3 N–H and O–H groups in total. The van der Waals surface area contributed by atoms with Crippen molar-refractivity contribution in [1.82, 2.24) is 5.32 Å². The molecule has 1 aliphatic rings. The standard InChI is InChI=1S/C13H18N2O2/c1-13(2)6-9-4-3-5-10(12(9)17-13)7-15-8-11(14)16/h3-5,15H,6-8H2,1-2H3,(H2,14,16). The molecule has 1 heterocycles. The predicted molar refractivity (Wildman–Crippen MR) is 65.8 cm³/mol. The van der Waals surface area contributed by atoms with Crippen molar-refractivity contribution in [3.63, 3.8) is 0 Å². The first-order chi connectivity index (χ1) is 7.98. The van der Waals surface area contributed by atoms with Crippen molar-refractivity contribution >= 4 is 5.91 Å². The van der Waals surface area contributed by atoms with Gasteiger partial charge in [0.25, 0.3) is 0 Å². The number of primary amides is 1. The van der Waals surface area contributed by atoms with Crippen molar-refractivity contribution in [1.29, 1.82) is 0 Å². The molecule has 0 bridgehead atoms. The number of nitrogens with one attached hydrogen (secondary N) is 1. The Hall–Kier alpha value is -1.55. The van der Waals surface area contributed by atoms with Crippen molar-refractivity contribution in [3.8, 4) is 5.75 Å². The lowest BCUT2D eigenvalue weighted by molar-refractivity contribution is -0.117. The molecule has 92 valence electrons. The molecule has 0 saturated heterocycles. The summed E-state index contributed by atoms with van der Waals surface area (Å²) in [5.41, 5.74) is 7.25. The number of ether oxygens (including phenoxy) is 1. The van der Waals surface area contributed by atoms with Crippen LogP contribution >= 0.6 is 0 Å². The molecule has 1 amide bonds. The van der Waals surface area contributed by atoms with Crippen molar-refractivity contribution in [2.24, 2.45) is 5.73 Å². The number of hydrogen-bond donors (Lipinski definition) is 2. The minimum Gasteiger partial charge on any atom is -0.487 e. The van der Waals surface area contributed by atoms with Crippen LogP contribution in [0, 0.1) is 0 Å². The maximum Gasteiger partial charge on any atom is 0.231 e. The highest BCUT2D eigenvalue weighted by Gasteiger charge is 2.31. The first-order valence-corrected chi connectivity index (χ1v) is 5.77. The molecule has 4 heteroatoms. The number of fused-ring (bicyclic) bond motifs is 1. The van der Waals surface area contributed by atoms with Crippen molar-refractivity contribution < 1.29 is 9.53 Å². The highest BCUT2D eigenvalue weighted by atomic mass is 16.5. The average Bonchev–Trinajstić information content (AvgIpc) is 2.52. The summed E-state index contributed by atoms with van der Waals surface area (Å²) >= 11 is 0. The van der Waals surface area contributed by atoms with Gasteiger partial charge in [-0.05, 0) is 19.4 Å². The van der Waals surface area contributed by atoms with Crippen molar-refractivity contribution in [3.05, 3.63) is 29.3 Å². The Bertz CT molecular complexity index is 441. The van der Waals surface area contributed by atoms with Crippen LogP contribution in [0.2, 0.25) is 0 Å². The van der Waals surface area contributed by atoms with Crippen LogP contribution in [0.5, 0.6) is 5.75 Å². The Labute approximate surface area is 101 Å². The zero-order valence-electron chi connectivity index (χ0n) is 10.2. The van der Waals surface area contributed by atoms with Crippen LogP contribution in [-0.4, -0.2) is 18.1 Å². The van der Waals surface area contributed by atoms with Gasteiger partial charge in [-0.2, -0.15) is 0 Å². The fourth-order valence-electron chi connectivity index (χ4n) is 2.14. The molecule has 0 atom stereocenters. The number of nitrogens with two attached hydrogens (primary N) is 1. The molecule has 1 aliphatic heterocycles. The molecule has 0 spiro atoms. The second-order valence-electron chi connectivity index (χ2n) is 5.01. The lowest BCUT2D eigenvalue weighted by Gasteiger charge is -2.18. The lowest BCUT2D eigenvalue weighted by Crippen LogP contribution is -2.28. The third kappa shape index (κ3) is 2.77. The number of carbonyl (C=O) groups is 1. The summed E-state index contributed by atoms with van der Waals surface area (Å²) in [6, 6.07) is 6.11. The topological polar surface area (TPSA) is 64.3 Å². The Kier molecular flexibility index (Phi) is 3.07. The van der Waals surface area contributed by atoms with Gasteiger partial charge in [0.1, 0.15) is 11.4 Å². The lowest BCUT2D eigenvalue weighted by atomic mass is 10.0. The highest BCUT2D eigenvalue weighted by Crippen LogP contribution is 2.37. The third-order valence-corrected chi connectivity index (χ3v) is 2.79. The minimum atomic E-state index is -0.348. The highest BCUT2D eigenvalue weighted by molar-refractivity contribution is 5.75. The number of para-hydroxylation sites is 1. The van der Waals surface area contributed by atoms with E-state index in [9.17, 15) is 4.79 Å². The summed E-state index contributed by atoms with van der Waals surface area (Å²) in [7, 11) is 0. The first kappa shape index (κ1) is 11.9. The summed E-state index contributed by atoms with van der Waals surface area (Å²) in [6.07, 6.45) is 0.923. The van der Waals surface area contributed by atoms with Gasteiger partial charge in [0, 0.05) is 18.5 Å². The summed E-state index contributed by atoms with van der Waals surface area (Å²) in [6.45, 7) is 4.94. The Morgan fingerprint density at radius 1 is 1.53 bits per heavy atom. The monoisotopic (exact) mass is 234 g/mol. The molecule has 17 heavy (non-hydrogen) atoms. The van der Waals surface area contributed by atoms with Gasteiger partial charge in [-0.3, -0.25) is 4.79 Å². The Morgan fingerprint density at radius 2 is 2.29 bits per heavy atom. The van der Waals surface area contributed by atoms with E-state index in [4.69, 9.17) is 10.5 Å². The van der Waals surface area contributed by atoms with Crippen LogP contribution in [0.25, 0.3) is 0 Å². The van der Waals surface area contributed by atoms with Crippen molar-refractivity contribution in [2.45, 2.75) is 32.4 Å². The molecule has 0 saturated carbocycles. The van der Waals surface area contributed by atoms with Crippen LogP contribution in [0.1, 0.15) is 25.0 Å². The molecular formula is C13H18N2O2. The van der Waals surface area contributed by atoms with Gasteiger partial charge >= 0.3 is 0 Å². The first-order valence-electron chi connectivity index (χ1n) is 5.77. The van der Waals surface area contributed by atoms with E-state index in [1.807, 2.05) is 12.1 Å². The molecule has 0 unspecified atom stereocenters. The molecule has 1 aromatic rings. The summed E-state index contributed by atoms with van der Waals surface area (Å²) in [5, 5.41) is 3.00. The SMILES string of the molecule is CC1(C)Cc2cccc(CNCC(N)=O)c2O1.